The van der Waals surface area contributed by atoms with Gasteiger partial charge in [-0.1, -0.05) is 33.4 Å². The summed E-state index contributed by atoms with van der Waals surface area (Å²) < 4.78 is 17.8. The molecule has 0 bridgehead atoms. The summed E-state index contributed by atoms with van der Waals surface area (Å²) >= 11 is 0. The molecule has 204 valence electrons. The number of hydrogen-bond acceptors (Lipinski definition) is 8. The molecule has 0 spiro atoms. The van der Waals surface area contributed by atoms with E-state index in [1.54, 1.807) is 25.3 Å². The summed E-state index contributed by atoms with van der Waals surface area (Å²) in [6.45, 7) is 14.8. The third kappa shape index (κ3) is 4.93. The molecule has 1 heterocycles. The number of fused-ring (bicyclic) bond motifs is 2. The van der Waals surface area contributed by atoms with Gasteiger partial charge in [0.2, 0.25) is 5.78 Å². The Morgan fingerprint density at radius 1 is 1.13 bits per heavy atom. The summed E-state index contributed by atoms with van der Waals surface area (Å²) in [6, 6.07) is 3.21. The van der Waals surface area contributed by atoms with Crippen LogP contribution in [0.25, 0.3) is 0 Å². The Hall–Kier alpha value is -3.29. The first-order valence-electron chi connectivity index (χ1n) is 13.2. The molecule has 0 radical (unpaired) electrons. The zero-order valence-electron chi connectivity index (χ0n) is 23.0. The van der Waals surface area contributed by atoms with E-state index in [0.717, 1.165) is 6.42 Å². The van der Waals surface area contributed by atoms with Gasteiger partial charge < -0.3 is 14.2 Å². The Morgan fingerprint density at radius 2 is 1.84 bits per heavy atom. The number of esters is 3. The lowest BCUT2D eigenvalue weighted by Crippen LogP contribution is -2.55. The lowest BCUT2D eigenvalue weighted by molar-refractivity contribution is -0.178. The second kappa shape index (κ2) is 10.1. The van der Waals surface area contributed by atoms with Gasteiger partial charge in [0.05, 0.1) is 11.5 Å². The minimum atomic E-state index is -1.70. The van der Waals surface area contributed by atoms with E-state index in [9.17, 15) is 19.2 Å². The average Bonchev–Trinajstić information content (AvgIpc) is 3.24. The zero-order chi connectivity index (χ0) is 28.0. The number of rotatable bonds is 4. The van der Waals surface area contributed by atoms with E-state index in [1.165, 1.54) is 20.0 Å². The molecule has 0 N–H and O–H groups in total. The standard InChI is InChI=1S/C30H37NO7/c1-16-10-11-22-23(29(22,6)7)13-17(2)27(34)30(38-20(5)33)14-18(3)26(36-19(4)32)24(30)25(16)37-28(35)21-9-8-12-31-15-21/h8-9,12-13,15,18,22-26H,1,10-11,14H2,2-7H3. The summed E-state index contributed by atoms with van der Waals surface area (Å²) in [5.41, 5.74) is -0.400. The van der Waals surface area contributed by atoms with Crippen molar-refractivity contribution >= 4 is 23.7 Å². The lowest BCUT2D eigenvalue weighted by Gasteiger charge is -2.40. The molecule has 8 heteroatoms. The van der Waals surface area contributed by atoms with E-state index in [1.807, 2.05) is 13.0 Å². The van der Waals surface area contributed by atoms with Gasteiger partial charge in [-0.25, -0.2) is 4.79 Å². The average molecular weight is 524 g/mol. The topological polar surface area (TPSA) is 109 Å². The van der Waals surface area contributed by atoms with Gasteiger partial charge in [-0.3, -0.25) is 19.4 Å². The summed E-state index contributed by atoms with van der Waals surface area (Å²) in [5, 5.41) is 0. The first-order valence-corrected chi connectivity index (χ1v) is 13.2. The van der Waals surface area contributed by atoms with E-state index in [4.69, 9.17) is 14.2 Å². The van der Waals surface area contributed by atoms with Crippen LogP contribution in [0.2, 0.25) is 0 Å². The van der Waals surface area contributed by atoms with Crippen LogP contribution in [0.3, 0.4) is 0 Å². The molecule has 1 aromatic heterocycles. The number of nitrogens with zero attached hydrogens (tertiary/aromatic N) is 1. The molecule has 2 saturated carbocycles. The zero-order valence-corrected chi connectivity index (χ0v) is 23.0. The van der Waals surface area contributed by atoms with Crippen LogP contribution in [0.15, 0.2) is 48.3 Å². The van der Waals surface area contributed by atoms with Crippen LogP contribution < -0.4 is 0 Å². The predicted molar refractivity (Wildman–Crippen MR) is 139 cm³/mol. The minimum Gasteiger partial charge on any atom is -0.462 e. The number of carbonyl (C=O) groups is 4. The molecule has 7 atom stereocenters. The third-order valence-corrected chi connectivity index (χ3v) is 8.65. The van der Waals surface area contributed by atoms with Crippen LogP contribution in [0.4, 0.5) is 0 Å². The van der Waals surface area contributed by atoms with Crippen molar-refractivity contribution in [3.05, 3.63) is 53.9 Å². The smallest absolute Gasteiger partial charge is 0.340 e. The highest BCUT2D eigenvalue weighted by atomic mass is 16.6. The summed E-state index contributed by atoms with van der Waals surface area (Å²) in [6.07, 6.45) is 4.47. The van der Waals surface area contributed by atoms with Crippen molar-refractivity contribution in [3.8, 4) is 0 Å². The van der Waals surface area contributed by atoms with Crippen LogP contribution in [0.5, 0.6) is 0 Å². The Morgan fingerprint density at radius 3 is 2.45 bits per heavy atom. The fraction of sp³-hybridized carbons (Fsp3) is 0.567. The second-order valence-corrected chi connectivity index (χ2v) is 11.7. The Balaban J connectivity index is 1.89. The fourth-order valence-corrected chi connectivity index (χ4v) is 6.71. The van der Waals surface area contributed by atoms with Crippen LogP contribution >= 0.6 is 0 Å². The van der Waals surface area contributed by atoms with E-state index in [-0.39, 0.29) is 35.0 Å². The van der Waals surface area contributed by atoms with Gasteiger partial charge in [0.25, 0.3) is 0 Å². The van der Waals surface area contributed by atoms with Crippen LogP contribution in [0.1, 0.15) is 71.2 Å². The van der Waals surface area contributed by atoms with Crippen molar-refractivity contribution in [2.75, 3.05) is 0 Å². The van der Waals surface area contributed by atoms with Crippen LogP contribution in [0, 0.1) is 29.1 Å². The first kappa shape index (κ1) is 27.7. The molecule has 7 unspecified atom stereocenters. The molecular weight excluding hydrogens is 486 g/mol. The molecule has 1 aromatic rings. The molecule has 2 fully saturated rings. The van der Waals surface area contributed by atoms with Gasteiger partial charge >= 0.3 is 17.9 Å². The normalized spacial score (nSPS) is 34.1. The molecule has 0 aromatic carbocycles. The highest BCUT2D eigenvalue weighted by Crippen LogP contribution is 2.62. The SMILES string of the molecule is C=C1CCC2C(C=C(C)C(=O)C3(OC(C)=O)CC(C)C(OC(C)=O)C3C1OC(=O)c1cccnc1)C2(C)C. The minimum absolute atomic E-state index is 0.000139. The largest absolute Gasteiger partial charge is 0.462 e. The van der Waals surface area contributed by atoms with E-state index in [2.05, 4.69) is 25.4 Å². The van der Waals surface area contributed by atoms with Crippen molar-refractivity contribution in [1.29, 1.82) is 0 Å². The number of carbonyl (C=O) groups excluding carboxylic acids is 4. The van der Waals surface area contributed by atoms with Crippen LogP contribution in [-0.4, -0.2) is 46.5 Å². The number of Topliss-reactive ketones (excluding diaryl/α,β-unsaturated/α-hetero) is 1. The molecule has 0 amide bonds. The van der Waals surface area contributed by atoms with Gasteiger partial charge in [-0.05, 0) is 66.2 Å². The molecule has 3 aliphatic rings. The van der Waals surface area contributed by atoms with Gasteiger partial charge in [-0.15, -0.1) is 0 Å². The highest BCUT2D eigenvalue weighted by molar-refractivity contribution is 6.03. The molecule has 3 aliphatic carbocycles. The van der Waals surface area contributed by atoms with Crippen molar-refractivity contribution < 1.29 is 33.4 Å². The molecular formula is C30H37NO7. The van der Waals surface area contributed by atoms with Gasteiger partial charge in [0.15, 0.2) is 5.60 Å². The number of pyridine rings is 1. The molecule has 38 heavy (non-hydrogen) atoms. The highest BCUT2D eigenvalue weighted by Gasteiger charge is 2.65. The third-order valence-electron chi connectivity index (χ3n) is 8.65. The second-order valence-electron chi connectivity index (χ2n) is 11.7. The summed E-state index contributed by atoms with van der Waals surface area (Å²) in [7, 11) is 0. The van der Waals surface area contributed by atoms with E-state index in [0.29, 0.717) is 23.5 Å². The van der Waals surface area contributed by atoms with E-state index < -0.39 is 41.6 Å². The lowest BCUT2D eigenvalue weighted by atomic mass is 9.76. The number of aromatic nitrogens is 1. The quantitative estimate of drug-likeness (QED) is 0.319. The Labute approximate surface area is 223 Å². The van der Waals surface area contributed by atoms with Crippen LogP contribution in [-0.2, 0) is 28.6 Å². The first-order chi connectivity index (χ1) is 17.8. The monoisotopic (exact) mass is 523 g/mol. The number of ketones is 1. The summed E-state index contributed by atoms with van der Waals surface area (Å²) in [5.74, 6) is -3.03. The van der Waals surface area contributed by atoms with Crippen molar-refractivity contribution in [3.63, 3.8) is 0 Å². The Kier molecular flexibility index (Phi) is 7.38. The maximum atomic E-state index is 14.3. The molecule has 0 saturated heterocycles. The van der Waals surface area contributed by atoms with Crippen molar-refractivity contribution in [1.82, 2.24) is 4.98 Å². The van der Waals surface area contributed by atoms with Gasteiger partial charge in [0.1, 0.15) is 12.2 Å². The number of allylic oxidation sites excluding steroid dienone is 1. The summed E-state index contributed by atoms with van der Waals surface area (Å²) in [4.78, 5) is 56.4. The molecule has 0 aliphatic heterocycles. The number of ether oxygens (including phenoxy) is 3. The van der Waals surface area contributed by atoms with Crippen molar-refractivity contribution in [2.45, 2.75) is 78.6 Å². The van der Waals surface area contributed by atoms with Crippen molar-refractivity contribution in [2.24, 2.45) is 29.1 Å². The number of hydrogen-bond donors (Lipinski definition) is 0. The maximum absolute atomic E-state index is 14.3. The molecule has 4 rings (SSSR count). The van der Waals surface area contributed by atoms with Gasteiger partial charge in [-0.2, -0.15) is 0 Å². The maximum Gasteiger partial charge on any atom is 0.340 e. The van der Waals surface area contributed by atoms with E-state index >= 15 is 0 Å². The Bertz CT molecular complexity index is 1190. The molecule has 8 nitrogen and oxygen atoms in total. The fourth-order valence-electron chi connectivity index (χ4n) is 6.71. The predicted octanol–water partition coefficient (Wildman–Crippen LogP) is 4.63. The van der Waals surface area contributed by atoms with Gasteiger partial charge in [0, 0.05) is 32.7 Å².